The molecule has 0 fully saturated rings. The maximum atomic E-state index is 13.5. The summed E-state index contributed by atoms with van der Waals surface area (Å²) in [5.74, 6) is 0.711. The van der Waals surface area contributed by atoms with E-state index in [1.807, 2.05) is 42.5 Å². The molecule has 0 aliphatic rings. The second kappa shape index (κ2) is 15.7. The number of hydrogen-bond donors (Lipinski definition) is 1. The van der Waals surface area contributed by atoms with Crippen LogP contribution in [0.3, 0.4) is 0 Å². The maximum Gasteiger partial charge on any atom is 0.297 e. The molecule has 1 N–H and O–H groups in total. The molecule has 41 heavy (non-hydrogen) atoms. The Morgan fingerprint density at radius 1 is 1.02 bits per heavy atom. The van der Waals surface area contributed by atoms with Crippen LogP contribution < -0.4 is 20.3 Å². The van der Waals surface area contributed by atoms with Crippen molar-refractivity contribution in [2.45, 2.75) is 60.3 Å². The second-order valence-corrected chi connectivity index (χ2v) is 10.9. The lowest BCUT2D eigenvalue weighted by atomic mass is 10.1. The van der Waals surface area contributed by atoms with Gasteiger partial charge in [0, 0.05) is 24.2 Å². The van der Waals surface area contributed by atoms with Crippen LogP contribution in [0.5, 0.6) is 11.5 Å². The Labute approximate surface area is 244 Å². The second-order valence-electron chi connectivity index (χ2n) is 10.9. The van der Waals surface area contributed by atoms with Crippen LogP contribution >= 0.6 is 0 Å². The van der Waals surface area contributed by atoms with Gasteiger partial charge in [0.25, 0.3) is 5.56 Å². The molecule has 1 unspecified atom stereocenters. The average molecular weight is 557 g/mol. The largest absolute Gasteiger partial charge is 0.485 e. The van der Waals surface area contributed by atoms with Crippen molar-refractivity contribution in [1.29, 1.82) is 0 Å². The van der Waals surface area contributed by atoms with E-state index in [4.69, 9.17) is 9.47 Å². The number of carbonyl (C=O) groups excluding carboxylic acids is 1. The first kappa shape index (κ1) is 31.5. The molecule has 0 spiro atoms. The summed E-state index contributed by atoms with van der Waals surface area (Å²) in [6.45, 7) is 11.3. The zero-order valence-electron chi connectivity index (χ0n) is 25.3. The Bertz CT molecular complexity index is 1460. The van der Waals surface area contributed by atoms with Crippen LogP contribution in [-0.2, 0) is 11.8 Å². The monoisotopic (exact) mass is 556 g/mol. The van der Waals surface area contributed by atoms with Crippen LogP contribution in [0.15, 0.2) is 82.7 Å². The van der Waals surface area contributed by atoms with Crippen molar-refractivity contribution in [2.75, 3.05) is 18.5 Å². The molecule has 6 nitrogen and oxygen atoms in total. The van der Waals surface area contributed by atoms with Crippen molar-refractivity contribution in [2.24, 2.45) is 13.0 Å². The number of ether oxygens (including phenoxy) is 2. The summed E-state index contributed by atoms with van der Waals surface area (Å²) in [6.07, 6.45) is 11.5. The number of fused-ring (bicyclic) bond motifs is 1. The summed E-state index contributed by atoms with van der Waals surface area (Å²) in [7, 11) is 1.71. The maximum absolute atomic E-state index is 13.5. The molecule has 3 aromatic rings. The smallest absolute Gasteiger partial charge is 0.297 e. The molecule has 6 heteroatoms. The zero-order chi connectivity index (χ0) is 29.8. The van der Waals surface area contributed by atoms with E-state index in [0.717, 1.165) is 36.6 Å². The minimum atomic E-state index is -0.270. The van der Waals surface area contributed by atoms with Crippen LogP contribution in [0.2, 0.25) is 0 Å². The van der Waals surface area contributed by atoms with E-state index in [1.165, 1.54) is 17.2 Å². The van der Waals surface area contributed by atoms with E-state index in [1.54, 1.807) is 23.8 Å². The van der Waals surface area contributed by atoms with E-state index in [2.05, 4.69) is 52.1 Å². The van der Waals surface area contributed by atoms with Gasteiger partial charge in [0.05, 0.1) is 12.1 Å². The highest BCUT2D eigenvalue weighted by Crippen LogP contribution is 2.34. The third kappa shape index (κ3) is 9.52. The number of benzene rings is 2. The third-order valence-electron chi connectivity index (χ3n) is 6.85. The summed E-state index contributed by atoms with van der Waals surface area (Å²) in [4.78, 5) is 26.1. The van der Waals surface area contributed by atoms with Crippen LogP contribution in [0.25, 0.3) is 17.0 Å². The number of rotatable bonds is 14. The Kier molecular flexibility index (Phi) is 12.0. The summed E-state index contributed by atoms with van der Waals surface area (Å²) >= 11 is 0. The van der Waals surface area contributed by atoms with Gasteiger partial charge >= 0.3 is 0 Å². The van der Waals surface area contributed by atoms with Gasteiger partial charge in [-0.15, -0.1) is 0 Å². The number of carbonyl (C=O) groups is 1. The number of hydrogen-bond acceptors (Lipinski definition) is 4. The molecule has 0 saturated heterocycles. The highest BCUT2D eigenvalue weighted by Gasteiger charge is 2.20. The number of allylic oxidation sites excluding steroid dienone is 3. The van der Waals surface area contributed by atoms with Crippen molar-refractivity contribution in [3.8, 4) is 11.5 Å². The fourth-order valence-electron chi connectivity index (χ4n) is 4.51. The van der Waals surface area contributed by atoms with E-state index in [0.29, 0.717) is 36.1 Å². The molecule has 2 aromatic carbocycles. The fraction of sp³-hybridized carbons (Fsp3) is 0.371. The van der Waals surface area contributed by atoms with Crippen LogP contribution in [0, 0.1) is 5.92 Å². The van der Waals surface area contributed by atoms with Gasteiger partial charge in [0.2, 0.25) is 11.7 Å². The minimum Gasteiger partial charge on any atom is -0.485 e. The van der Waals surface area contributed by atoms with Crippen molar-refractivity contribution in [1.82, 2.24) is 4.57 Å². The van der Waals surface area contributed by atoms with Gasteiger partial charge in [0.15, 0.2) is 5.75 Å². The third-order valence-corrected chi connectivity index (χ3v) is 6.85. The molecule has 1 atom stereocenters. The molecular weight excluding hydrogens is 512 g/mol. The highest BCUT2D eigenvalue weighted by atomic mass is 16.5. The Morgan fingerprint density at radius 2 is 1.78 bits per heavy atom. The summed E-state index contributed by atoms with van der Waals surface area (Å²) < 4.78 is 13.9. The number of nitrogens with zero attached hydrogens (tertiary/aromatic N) is 1. The molecule has 0 aliphatic heterocycles. The van der Waals surface area contributed by atoms with Gasteiger partial charge in [-0.2, -0.15) is 0 Å². The number of aromatic nitrogens is 1. The van der Waals surface area contributed by atoms with Crippen LogP contribution in [0.4, 0.5) is 5.69 Å². The topological polar surface area (TPSA) is 69.6 Å². The number of aryl methyl sites for hydroxylation is 1. The standard InChI is InChI=1S/C35H44N2O4/c1-7-12-27(5)24-41-34-33(40-22-21-26(4)14-11-13-25(2)3)30-19-18-29(23-31(30)37(6)35(34)39)36-32(38)20-17-28-15-9-8-10-16-28/h8-10,13,15-21,23,27H,7,11-12,14,22,24H2,1-6H3,(H,36,38)/b20-17?,26-21+. The van der Waals surface area contributed by atoms with Gasteiger partial charge in [-0.1, -0.05) is 67.8 Å². The summed E-state index contributed by atoms with van der Waals surface area (Å²) in [6, 6.07) is 15.1. The van der Waals surface area contributed by atoms with Gasteiger partial charge < -0.3 is 19.4 Å². The predicted molar refractivity (Wildman–Crippen MR) is 171 cm³/mol. The summed E-state index contributed by atoms with van der Waals surface area (Å²) in [5.41, 5.74) is 4.43. The van der Waals surface area contributed by atoms with Crippen molar-refractivity contribution in [3.05, 3.63) is 93.8 Å². The Hall–Kier alpha value is -4.06. The number of pyridine rings is 1. The first-order valence-electron chi connectivity index (χ1n) is 14.4. The Morgan fingerprint density at radius 3 is 2.49 bits per heavy atom. The van der Waals surface area contributed by atoms with E-state index < -0.39 is 0 Å². The van der Waals surface area contributed by atoms with Gasteiger partial charge in [-0.3, -0.25) is 9.59 Å². The van der Waals surface area contributed by atoms with Crippen molar-refractivity contribution in [3.63, 3.8) is 0 Å². The highest BCUT2D eigenvalue weighted by molar-refractivity contribution is 6.03. The van der Waals surface area contributed by atoms with Crippen LogP contribution in [0.1, 0.15) is 65.9 Å². The molecular formula is C35H44N2O4. The average Bonchev–Trinajstić information content (AvgIpc) is 2.94. The zero-order valence-corrected chi connectivity index (χ0v) is 25.3. The quantitative estimate of drug-likeness (QED) is 0.161. The van der Waals surface area contributed by atoms with Crippen molar-refractivity contribution < 1.29 is 14.3 Å². The van der Waals surface area contributed by atoms with Crippen molar-refractivity contribution >= 4 is 28.6 Å². The first-order valence-corrected chi connectivity index (χ1v) is 14.4. The molecule has 1 aromatic heterocycles. The Balaban J connectivity index is 1.90. The molecule has 0 bridgehead atoms. The summed E-state index contributed by atoms with van der Waals surface area (Å²) in [5, 5.41) is 3.65. The first-order chi connectivity index (χ1) is 19.7. The molecule has 0 saturated carbocycles. The van der Waals surface area contributed by atoms with Gasteiger partial charge in [-0.25, -0.2) is 0 Å². The molecule has 1 amide bonds. The van der Waals surface area contributed by atoms with Gasteiger partial charge in [0.1, 0.15) is 6.61 Å². The fourth-order valence-corrected chi connectivity index (χ4v) is 4.51. The molecule has 0 radical (unpaired) electrons. The number of amides is 1. The van der Waals surface area contributed by atoms with E-state index in [-0.39, 0.29) is 17.2 Å². The lowest BCUT2D eigenvalue weighted by Gasteiger charge is -2.19. The minimum absolute atomic E-state index is 0.223. The number of anilines is 1. The lowest BCUT2D eigenvalue weighted by molar-refractivity contribution is -0.111. The van der Waals surface area contributed by atoms with Crippen LogP contribution in [-0.4, -0.2) is 23.7 Å². The van der Waals surface area contributed by atoms with Gasteiger partial charge in [-0.05, 0) is 81.9 Å². The SMILES string of the molecule is CCCC(C)COc1c(OC/C=C(\C)CCC=C(C)C)c2ccc(NC(=O)C=Cc3ccccc3)cc2n(C)c1=O. The number of nitrogens with one attached hydrogen (secondary N) is 1. The van der Waals surface area contributed by atoms with E-state index >= 15 is 0 Å². The molecule has 1 heterocycles. The normalized spacial score (nSPS) is 12.4. The predicted octanol–water partition coefficient (Wildman–Crippen LogP) is 8.08. The molecule has 3 rings (SSSR count). The molecule has 0 aliphatic carbocycles. The lowest BCUT2D eigenvalue weighted by Crippen LogP contribution is -2.23. The van der Waals surface area contributed by atoms with E-state index in [9.17, 15) is 9.59 Å². The molecule has 218 valence electrons.